The van der Waals surface area contributed by atoms with E-state index in [1.54, 1.807) is 18.4 Å². The lowest BCUT2D eigenvalue weighted by Gasteiger charge is -2.33. The highest BCUT2D eigenvalue weighted by Crippen LogP contribution is 2.29. The van der Waals surface area contributed by atoms with E-state index in [0.717, 1.165) is 25.9 Å². The molecule has 0 N–H and O–H groups in total. The first-order valence-electron chi connectivity index (χ1n) is 9.08. The van der Waals surface area contributed by atoms with Gasteiger partial charge in [0.15, 0.2) is 5.76 Å². The number of amides is 1. The van der Waals surface area contributed by atoms with Crippen LogP contribution >= 0.6 is 0 Å². The average Bonchev–Trinajstić information content (AvgIpc) is 3.37. The van der Waals surface area contributed by atoms with Gasteiger partial charge in [0, 0.05) is 31.5 Å². The van der Waals surface area contributed by atoms with Gasteiger partial charge in [0.1, 0.15) is 0 Å². The van der Waals surface area contributed by atoms with Crippen LogP contribution in [0.3, 0.4) is 0 Å². The molecule has 2 aliphatic rings. The van der Waals surface area contributed by atoms with E-state index in [9.17, 15) is 4.79 Å². The lowest BCUT2D eigenvalue weighted by molar-refractivity contribution is -0.133. The normalized spacial score (nSPS) is 24.3. The van der Waals surface area contributed by atoms with Crippen molar-refractivity contribution in [1.82, 2.24) is 19.9 Å². The predicted octanol–water partition coefficient (Wildman–Crippen LogP) is 2.35. The zero-order chi connectivity index (χ0) is 17.2. The molecule has 0 bridgehead atoms. The maximum absolute atomic E-state index is 12.7. The Morgan fingerprint density at radius 1 is 1.28 bits per heavy atom. The molecule has 0 radical (unpaired) electrons. The van der Waals surface area contributed by atoms with Crippen molar-refractivity contribution < 1.29 is 13.7 Å². The summed E-state index contributed by atoms with van der Waals surface area (Å²) in [5, 5.41) is 3.91. The first kappa shape index (κ1) is 16.3. The van der Waals surface area contributed by atoms with Crippen molar-refractivity contribution in [3.63, 3.8) is 0 Å². The number of likely N-dealkylation sites (N-methyl/N-ethyl adjacent to an activating group) is 1. The summed E-state index contributed by atoms with van der Waals surface area (Å²) in [4.78, 5) is 21.5. The topological polar surface area (TPSA) is 75.6 Å². The second-order valence-electron chi connectivity index (χ2n) is 6.98. The number of furan rings is 1. The van der Waals surface area contributed by atoms with Crippen molar-refractivity contribution in [3.8, 4) is 11.6 Å². The van der Waals surface area contributed by atoms with Crippen molar-refractivity contribution in [1.29, 1.82) is 0 Å². The molecule has 2 saturated heterocycles. The number of carbonyl (C=O) groups excluding carboxylic acids is 1. The number of rotatable bonds is 5. The second-order valence-corrected chi connectivity index (χ2v) is 6.98. The van der Waals surface area contributed by atoms with Crippen LogP contribution in [0.2, 0.25) is 0 Å². The molecule has 0 aromatic carbocycles. The number of carbonyl (C=O) groups is 1. The molecule has 2 fully saturated rings. The minimum Gasteiger partial charge on any atom is -0.461 e. The molecule has 2 aliphatic heterocycles. The van der Waals surface area contributed by atoms with Gasteiger partial charge in [0.2, 0.25) is 17.6 Å². The highest BCUT2D eigenvalue weighted by atomic mass is 16.5. The Kier molecular flexibility index (Phi) is 4.57. The van der Waals surface area contributed by atoms with E-state index in [-0.39, 0.29) is 5.91 Å². The van der Waals surface area contributed by atoms with E-state index < -0.39 is 0 Å². The molecule has 7 nitrogen and oxygen atoms in total. The number of aryl methyl sites for hydroxylation is 1. The average molecular weight is 344 g/mol. The van der Waals surface area contributed by atoms with Crippen molar-refractivity contribution in [2.24, 2.45) is 0 Å². The van der Waals surface area contributed by atoms with Crippen LogP contribution in [-0.4, -0.2) is 58.1 Å². The van der Waals surface area contributed by atoms with Gasteiger partial charge in [0.25, 0.3) is 0 Å². The molecule has 2 aromatic rings. The highest BCUT2D eigenvalue weighted by molar-refractivity contribution is 5.77. The molecule has 1 amide bonds. The van der Waals surface area contributed by atoms with E-state index in [1.165, 1.54) is 12.8 Å². The summed E-state index contributed by atoms with van der Waals surface area (Å²) in [6, 6.07) is 4.44. The van der Waals surface area contributed by atoms with E-state index in [2.05, 4.69) is 27.0 Å². The fourth-order valence-electron chi connectivity index (χ4n) is 4.14. The van der Waals surface area contributed by atoms with Gasteiger partial charge in [-0.3, -0.25) is 4.79 Å². The van der Waals surface area contributed by atoms with Crippen LogP contribution in [0.25, 0.3) is 11.6 Å². The first-order chi connectivity index (χ1) is 12.2. The first-order valence-corrected chi connectivity index (χ1v) is 9.08. The van der Waals surface area contributed by atoms with Crippen molar-refractivity contribution in [3.05, 3.63) is 24.3 Å². The summed E-state index contributed by atoms with van der Waals surface area (Å²) >= 11 is 0. The van der Waals surface area contributed by atoms with Crippen LogP contribution in [0.15, 0.2) is 27.3 Å². The lowest BCUT2D eigenvalue weighted by Crippen LogP contribution is -2.47. The fourth-order valence-corrected chi connectivity index (χ4v) is 4.14. The quantitative estimate of drug-likeness (QED) is 0.829. The van der Waals surface area contributed by atoms with Crippen LogP contribution in [0, 0.1) is 0 Å². The van der Waals surface area contributed by atoms with Crippen molar-refractivity contribution in [2.45, 2.75) is 50.6 Å². The molecule has 0 saturated carbocycles. The third-order valence-corrected chi connectivity index (χ3v) is 5.40. The molecule has 0 unspecified atom stereocenters. The van der Waals surface area contributed by atoms with Gasteiger partial charge in [-0.05, 0) is 51.4 Å². The Hall–Kier alpha value is -2.15. The Bertz CT molecular complexity index is 712. The van der Waals surface area contributed by atoms with Gasteiger partial charge in [-0.25, -0.2) is 0 Å². The van der Waals surface area contributed by atoms with E-state index in [1.807, 2.05) is 0 Å². The Morgan fingerprint density at radius 3 is 2.88 bits per heavy atom. The Morgan fingerprint density at radius 2 is 2.12 bits per heavy atom. The summed E-state index contributed by atoms with van der Waals surface area (Å²) in [5.74, 6) is 1.68. The molecular formula is C18H24N4O3. The van der Waals surface area contributed by atoms with Gasteiger partial charge in [-0.15, -0.1) is 0 Å². The molecule has 0 spiro atoms. The SMILES string of the molecule is CN1CCC[C@H]1[C@@H]1CCCN1C(=O)CCc1nc(-c2ccco2)no1. The Labute approximate surface area is 147 Å². The number of aromatic nitrogens is 2. The van der Waals surface area contributed by atoms with Crippen LogP contribution in [0.5, 0.6) is 0 Å². The van der Waals surface area contributed by atoms with Gasteiger partial charge >= 0.3 is 0 Å². The third kappa shape index (κ3) is 3.33. The minimum absolute atomic E-state index is 0.195. The number of likely N-dealkylation sites (tertiary alicyclic amines) is 2. The van der Waals surface area contributed by atoms with Crippen LogP contribution in [0.1, 0.15) is 38.0 Å². The number of nitrogens with zero attached hydrogens (tertiary/aromatic N) is 4. The number of hydrogen-bond donors (Lipinski definition) is 0. The number of hydrogen-bond acceptors (Lipinski definition) is 6. The molecular weight excluding hydrogens is 320 g/mol. The van der Waals surface area contributed by atoms with E-state index in [4.69, 9.17) is 8.94 Å². The molecule has 4 heterocycles. The van der Waals surface area contributed by atoms with Gasteiger partial charge < -0.3 is 18.7 Å². The molecule has 2 atom stereocenters. The van der Waals surface area contributed by atoms with E-state index >= 15 is 0 Å². The third-order valence-electron chi connectivity index (χ3n) is 5.40. The maximum Gasteiger partial charge on any atom is 0.238 e. The largest absolute Gasteiger partial charge is 0.461 e. The van der Waals surface area contributed by atoms with E-state index in [0.29, 0.717) is 42.4 Å². The van der Waals surface area contributed by atoms with Gasteiger partial charge in [0.05, 0.1) is 6.26 Å². The standard InChI is InChI=1S/C18H24N4O3/c1-21-10-2-5-13(21)14-6-3-11-22(14)17(23)9-8-16-19-18(20-25-16)15-7-4-12-24-15/h4,7,12-14H,2-3,5-6,8-11H2,1H3/t13-,14-/m0/s1. The summed E-state index contributed by atoms with van der Waals surface area (Å²) in [5.41, 5.74) is 0. The summed E-state index contributed by atoms with van der Waals surface area (Å²) < 4.78 is 10.5. The second kappa shape index (κ2) is 7.00. The van der Waals surface area contributed by atoms with Gasteiger partial charge in [-0.1, -0.05) is 5.16 Å². The van der Waals surface area contributed by atoms with Crippen molar-refractivity contribution >= 4 is 5.91 Å². The van der Waals surface area contributed by atoms with Gasteiger partial charge in [-0.2, -0.15) is 4.98 Å². The summed E-state index contributed by atoms with van der Waals surface area (Å²) in [7, 11) is 2.17. The minimum atomic E-state index is 0.195. The maximum atomic E-state index is 12.7. The zero-order valence-electron chi connectivity index (χ0n) is 14.6. The Balaban J connectivity index is 1.35. The van der Waals surface area contributed by atoms with Crippen molar-refractivity contribution in [2.75, 3.05) is 20.1 Å². The molecule has 7 heteroatoms. The van der Waals surface area contributed by atoms with Crippen LogP contribution < -0.4 is 0 Å². The zero-order valence-corrected chi connectivity index (χ0v) is 14.6. The molecule has 25 heavy (non-hydrogen) atoms. The summed E-state index contributed by atoms with van der Waals surface area (Å²) in [6.07, 6.45) is 7.09. The molecule has 0 aliphatic carbocycles. The highest BCUT2D eigenvalue weighted by Gasteiger charge is 2.38. The molecule has 134 valence electrons. The van der Waals surface area contributed by atoms with Crippen LogP contribution in [0.4, 0.5) is 0 Å². The molecule has 4 rings (SSSR count). The van der Waals surface area contributed by atoms with Crippen LogP contribution in [-0.2, 0) is 11.2 Å². The fraction of sp³-hybridized carbons (Fsp3) is 0.611. The summed E-state index contributed by atoms with van der Waals surface area (Å²) in [6.45, 7) is 2.01. The molecule has 2 aromatic heterocycles. The monoisotopic (exact) mass is 344 g/mol. The smallest absolute Gasteiger partial charge is 0.238 e. The lowest BCUT2D eigenvalue weighted by atomic mass is 10.0. The predicted molar refractivity (Wildman–Crippen MR) is 90.7 cm³/mol.